The average molecular weight is 259 g/mol. The first-order valence-corrected chi connectivity index (χ1v) is 7.31. The van der Waals surface area contributed by atoms with E-state index in [1.54, 1.807) is 0 Å². The highest BCUT2D eigenvalue weighted by Gasteiger charge is 2.34. The molecule has 2 aliphatic rings. The third kappa shape index (κ3) is 3.16. The molecule has 3 rings (SSSR count). The van der Waals surface area contributed by atoms with E-state index < -0.39 is 0 Å². The third-order valence-corrected chi connectivity index (χ3v) is 4.20. The summed E-state index contributed by atoms with van der Waals surface area (Å²) < 4.78 is 5.07. The Morgan fingerprint density at radius 2 is 1.84 bits per heavy atom. The summed E-state index contributed by atoms with van der Waals surface area (Å²) in [6.45, 7) is 0.592. The first-order chi connectivity index (χ1) is 9.34. The maximum atomic E-state index is 11.9. The van der Waals surface area contributed by atoms with Gasteiger partial charge in [-0.1, -0.05) is 49.6 Å². The molecule has 1 N–H and O–H groups in total. The lowest BCUT2D eigenvalue weighted by Crippen LogP contribution is -2.41. The summed E-state index contributed by atoms with van der Waals surface area (Å²) in [5, 5.41) is 3.21. The number of carbonyl (C=O) groups is 1. The van der Waals surface area contributed by atoms with Crippen molar-refractivity contribution in [2.75, 3.05) is 6.61 Å². The molecule has 19 heavy (non-hydrogen) atoms. The van der Waals surface area contributed by atoms with Gasteiger partial charge in [0.25, 0.3) is 5.91 Å². The standard InChI is InChI=1S/C16H21NO2/c18-16(15-11-19-15)17-14-10-6-2-5-9-13(14)12-7-3-1-4-8-12/h1,3-4,7-8,13-15H,2,5-6,9-11H2,(H,17,18). The van der Waals surface area contributed by atoms with Crippen molar-refractivity contribution in [3.63, 3.8) is 0 Å². The number of hydrogen-bond acceptors (Lipinski definition) is 2. The molecule has 3 unspecified atom stereocenters. The fourth-order valence-corrected chi connectivity index (χ4v) is 3.05. The zero-order valence-electron chi connectivity index (χ0n) is 11.2. The van der Waals surface area contributed by atoms with Gasteiger partial charge in [0.2, 0.25) is 0 Å². The zero-order valence-corrected chi connectivity index (χ0v) is 11.2. The lowest BCUT2D eigenvalue weighted by atomic mass is 9.87. The molecule has 1 aromatic carbocycles. The third-order valence-electron chi connectivity index (χ3n) is 4.20. The molecule has 3 nitrogen and oxygen atoms in total. The van der Waals surface area contributed by atoms with Crippen LogP contribution in [0.1, 0.15) is 43.6 Å². The number of epoxide rings is 1. The van der Waals surface area contributed by atoms with Crippen LogP contribution in [0.25, 0.3) is 0 Å². The molecule has 2 fully saturated rings. The molecule has 1 heterocycles. The van der Waals surface area contributed by atoms with Crippen LogP contribution in [0.15, 0.2) is 30.3 Å². The van der Waals surface area contributed by atoms with Crippen LogP contribution < -0.4 is 5.32 Å². The van der Waals surface area contributed by atoms with Gasteiger partial charge in [-0.25, -0.2) is 0 Å². The minimum absolute atomic E-state index is 0.0767. The predicted octanol–water partition coefficient (Wildman–Crippen LogP) is 2.62. The van der Waals surface area contributed by atoms with Crippen molar-refractivity contribution in [1.82, 2.24) is 5.32 Å². The summed E-state index contributed by atoms with van der Waals surface area (Å²) in [7, 11) is 0. The van der Waals surface area contributed by atoms with Crippen molar-refractivity contribution < 1.29 is 9.53 Å². The minimum atomic E-state index is -0.181. The number of ether oxygens (including phenoxy) is 1. The van der Waals surface area contributed by atoms with Crippen LogP contribution in [0.4, 0.5) is 0 Å². The second-order valence-electron chi connectivity index (χ2n) is 5.59. The van der Waals surface area contributed by atoms with E-state index in [-0.39, 0.29) is 18.1 Å². The van der Waals surface area contributed by atoms with Gasteiger partial charge in [0.05, 0.1) is 6.61 Å². The van der Waals surface area contributed by atoms with Gasteiger partial charge in [0.15, 0.2) is 6.10 Å². The lowest BCUT2D eigenvalue weighted by molar-refractivity contribution is -0.123. The van der Waals surface area contributed by atoms with E-state index in [0.29, 0.717) is 12.5 Å². The van der Waals surface area contributed by atoms with Gasteiger partial charge in [0.1, 0.15) is 0 Å². The Labute approximate surface area is 114 Å². The molecule has 0 spiro atoms. The topological polar surface area (TPSA) is 41.6 Å². The van der Waals surface area contributed by atoms with Crippen molar-refractivity contribution in [1.29, 1.82) is 0 Å². The Kier molecular flexibility index (Phi) is 3.83. The van der Waals surface area contributed by atoms with Gasteiger partial charge < -0.3 is 10.1 Å². The second kappa shape index (κ2) is 5.74. The summed E-state index contributed by atoms with van der Waals surface area (Å²) in [6, 6.07) is 10.9. The Morgan fingerprint density at radius 1 is 1.11 bits per heavy atom. The van der Waals surface area contributed by atoms with E-state index in [1.165, 1.54) is 31.2 Å². The van der Waals surface area contributed by atoms with Crippen LogP contribution in [0.5, 0.6) is 0 Å². The van der Waals surface area contributed by atoms with Crippen molar-refractivity contribution in [3.05, 3.63) is 35.9 Å². The van der Waals surface area contributed by atoms with Crippen molar-refractivity contribution in [2.24, 2.45) is 0 Å². The Morgan fingerprint density at radius 3 is 2.58 bits per heavy atom. The van der Waals surface area contributed by atoms with Crippen LogP contribution in [-0.2, 0) is 9.53 Å². The fraction of sp³-hybridized carbons (Fsp3) is 0.562. The molecule has 1 amide bonds. The molecule has 0 bridgehead atoms. The maximum absolute atomic E-state index is 11.9. The second-order valence-corrected chi connectivity index (χ2v) is 5.59. The molecular weight excluding hydrogens is 238 g/mol. The Balaban J connectivity index is 1.74. The van der Waals surface area contributed by atoms with Gasteiger partial charge in [-0.15, -0.1) is 0 Å². The van der Waals surface area contributed by atoms with Crippen LogP contribution in [0.2, 0.25) is 0 Å². The first kappa shape index (κ1) is 12.7. The van der Waals surface area contributed by atoms with Crippen LogP contribution in [-0.4, -0.2) is 24.7 Å². The molecule has 3 heteroatoms. The number of amides is 1. The van der Waals surface area contributed by atoms with Gasteiger partial charge in [-0.2, -0.15) is 0 Å². The molecule has 1 aliphatic heterocycles. The van der Waals surface area contributed by atoms with Crippen molar-refractivity contribution >= 4 is 5.91 Å². The smallest absolute Gasteiger partial charge is 0.251 e. The van der Waals surface area contributed by atoms with Gasteiger partial charge in [-0.3, -0.25) is 4.79 Å². The van der Waals surface area contributed by atoms with E-state index in [4.69, 9.17) is 4.74 Å². The molecule has 1 saturated heterocycles. The molecule has 1 aromatic rings. The number of carbonyl (C=O) groups excluding carboxylic acids is 1. The summed E-state index contributed by atoms with van der Waals surface area (Å²) in [5.74, 6) is 0.527. The quantitative estimate of drug-likeness (QED) is 0.669. The minimum Gasteiger partial charge on any atom is -0.363 e. The average Bonchev–Trinajstić information content (AvgIpc) is 3.27. The monoisotopic (exact) mass is 259 g/mol. The number of rotatable bonds is 3. The van der Waals surface area contributed by atoms with Gasteiger partial charge in [-0.05, 0) is 18.4 Å². The lowest BCUT2D eigenvalue weighted by Gasteiger charge is -2.26. The van der Waals surface area contributed by atoms with E-state index in [0.717, 1.165) is 6.42 Å². The normalized spacial score (nSPS) is 30.4. The molecule has 0 radical (unpaired) electrons. The molecule has 1 saturated carbocycles. The van der Waals surface area contributed by atoms with Crippen molar-refractivity contribution in [3.8, 4) is 0 Å². The van der Waals surface area contributed by atoms with E-state index in [9.17, 15) is 4.79 Å². The Hall–Kier alpha value is -1.35. The van der Waals surface area contributed by atoms with Gasteiger partial charge in [0, 0.05) is 12.0 Å². The first-order valence-electron chi connectivity index (χ1n) is 7.31. The van der Waals surface area contributed by atoms with E-state index in [1.807, 2.05) is 6.07 Å². The summed E-state index contributed by atoms with van der Waals surface area (Å²) in [5.41, 5.74) is 1.35. The predicted molar refractivity (Wildman–Crippen MR) is 73.9 cm³/mol. The molecule has 1 aliphatic carbocycles. The molecule has 0 aromatic heterocycles. The van der Waals surface area contributed by atoms with Crippen LogP contribution >= 0.6 is 0 Å². The summed E-state index contributed by atoms with van der Waals surface area (Å²) in [4.78, 5) is 11.9. The SMILES string of the molecule is O=C(NC1CCCCCC1c1ccccc1)C1CO1. The maximum Gasteiger partial charge on any atom is 0.251 e. The Bertz CT molecular complexity index is 428. The zero-order chi connectivity index (χ0) is 13.1. The van der Waals surface area contributed by atoms with E-state index >= 15 is 0 Å². The highest BCUT2D eigenvalue weighted by Crippen LogP contribution is 2.32. The highest BCUT2D eigenvalue weighted by molar-refractivity contribution is 5.83. The van der Waals surface area contributed by atoms with Crippen LogP contribution in [0.3, 0.4) is 0 Å². The van der Waals surface area contributed by atoms with Gasteiger partial charge >= 0.3 is 0 Å². The van der Waals surface area contributed by atoms with Crippen LogP contribution in [0, 0.1) is 0 Å². The van der Waals surface area contributed by atoms with E-state index in [2.05, 4.69) is 29.6 Å². The molecule has 102 valence electrons. The molecular formula is C16H21NO2. The van der Waals surface area contributed by atoms with Crippen molar-refractivity contribution in [2.45, 2.75) is 50.2 Å². The number of nitrogens with one attached hydrogen (secondary N) is 1. The number of benzene rings is 1. The largest absolute Gasteiger partial charge is 0.363 e. The summed E-state index contributed by atoms with van der Waals surface area (Å²) in [6.07, 6.45) is 5.81. The number of hydrogen-bond donors (Lipinski definition) is 1. The summed E-state index contributed by atoms with van der Waals surface area (Å²) >= 11 is 0. The molecule has 3 atom stereocenters. The highest BCUT2D eigenvalue weighted by atomic mass is 16.6. The fourth-order valence-electron chi connectivity index (χ4n) is 3.05.